The second-order valence-corrected chi connectivity index (χ2v) is 6.62. The van der Waals surface area contributed by atoms with Crippen molar-refractivity contribution in [3.8, 4) is 0 Å². The van der Waals surface area contributed by atoms with Crippen LogP contribution in [-0.4, -0.2) is 41.9 Å². The van der Waals surface area contributed by atoms with Gasteiger partial charge in [-0.1, -0.05) is 0 Å². The second-order valence-electron chi connectivity index (χ2n) is 6.62. The minimum absolute atomic E-state index is 0.133. The molecular weight excluding hydrogens is 337 g/mol. The van der Waals surface area contributed by atoms with E-state index in [0.717, 1.165) is 43.7 Å². The van der Waals surface area contributed by atoms with Crippen molar-refractivity contribution >= 4 is 17.3 Å². The molecule has 4 N–H and O–H groups in total. The Morgan fingerprint density at radius 2 is 2.35 bits per heavy atom. The molecule has 1 saturated heterocycles. The molecule has 2 aliphatic heterocycles. The smallest absolute Gasteiger partial charge is 0.276 e. The highest BCUT2D eigenvalue weighted by Crippen LogP contribution is 2.22. The number of H-pyrrole nitrogens is 1. The number of carbonyl (C=O) groups is 1. The lowest BCUT2D eigenvalue weighted by Crippen LogP contribution is -2.25. The Hall–Kier alpha value is -2.45. The molecule has 138 valence electrons. The van der Waals surface area contributed by atoms with E-state index in [2.05, 4.69) is 26.1 Å². The van der Waals surface area contributed by atoms with Gasteiger partial charge in [0.05, 0.1) is 11.8 Å². The molecule has 0 radical (unpaired) electrons. The third-order valence-corrected chi connectivity index (χ3v) is 4.79. The van der Waals surface area contributed by atoms with Gasteiger partial charge in [-0.3, -0.25) is 9.89 Å². The molecule has 1 atom stereocenters. The summed E-state index contributed by atoms with van der Waals surface area (Å²) in [6, 6.07) is 4.62. The van der Waals surface area contributed by atoms with E-state index in [9.17, 15) is 9.18 Å². The number of fused-ring (bicyclic) bond motifs is 1. The first-order valence-electron chi connectivity index (χ1n) is 8.94. The van der Waals surface area contributed by atoms with E-state index in [1.807, 2.05) is 0 Å². The molecule has 1 unspecified atom stereocenters. The Balaban J connectivity index is 1.41. The van der Waals surface area contributed by atoms with Crippen molar-refractivity contribution < 1.29 is 13.9 Å². The van der Waals surface area contributed by atoms with Crippen molar-refractivity contribution in [1.29, 1.82) is 0 Å². The molecule has 0 bridgehead atoms. The van der Waals surface area contributed by atoms with Crippen molar-refractivity contribution in [3.05, 3.63) is 41.0 Å². The van der Waals surface area contributed by atoms with Crippen molar-refractivity contribution in [1.82, 2.24) is 15.5 Å². The van der Waals surface area contributed by atoms with Crippen LogP contribution in [0.2, 0.25) is 0 Å². The Labute approximate surface area is 150 Å². The van der Waals surface area contributed by atoms with Crippen molar-refractivity contribution in [2.24, 2.45) is 0 Å². The molecule has 2 aliphatic rings. The summed E-state index contributed by atoms with van der Waals surface area (Å²) in [5, 5.41) is 16.0. The number of hydrogen-bond donors (Lipinski definition) is 4. The van der Waals surface area contributed by atoms with Gasteiger partial charge in [0.1, 0.15) is 5.82 Å². The predicted octanol–water partition coefficient (Wildman–Crippen LogP) is 2.04. The number of aromatic amines is 1. The lowest BCUT2D eigenvalue weighted by atomic mass is 10.1. The SMILES string of the molecule is O=C(Nc1ccc(NCC2CCCO2)c(F)c1)c1n[nH]c2c1CNCC2. The first-order chi connectivity index (χ1) is 12.7. The van der Waals surface area contributed by atoms with Gasteiger partial charge < -0.3 is 20.7 Å². The molecule has 0 saturated carbocycles. The molecule has 26 heavy (non-hydrogen) atoms. The molecule has 3 heterocycles. The van der Waals surface area contributed by atoms with Crippen LogP contribution >= 0.6 is 0 Å². The maximum atomic E-state index is 14.3. The summed E-state index contributed by atoms with van der Waals surface area (Å²) in [5.41, 5.74) is 3.02. The van der Waals surface area contributed by atoms with E-state index in [-0.39, 0.29) is 12.0 Å². The van der Waals surface area contributed by atoms with Crippen LogP contribution < -0.4 is 16.0 Å². The minimum atomic E-state index is -0.411. The number of carbonyl (C=O) groups excluding carboxylic acids is 1. The first kappa shape index (κ1) is 17.0. The summed E-state index contributed by atoms with van der Waals surface area (Å²) in [6.07, 6.45) is 2.99. The van der Waals surface area contributed by atoms with Crippen molar-refractivity contribution in [3.63, 3.8) is 0 Å². The van der Waals surface area contributed by atoms with E-state index in [1.165, 1.54) is 6.07 Å². The van der Waals surface area contributed by atoms with Gasteiger partial charge in [-0.25, -0.2) is 4.39 Å². The van der Waals surface area contributed by atoms with Crippen molar-refractivity contribution in [2.45, 2.75) is 31.9 Å². The number of halogens is 1. The molecule has 0 aliphatic carbocycles. The second kappa shape index (κ2) is 7.43. The van der Waals surface area contributed by atoms with Crippen LogP contribution in [0.1, 0.15) is 34.6 Å². The van der Waals surface area contributed by atoms with Crippen LogP contribution in [0.25, 0.3) is 0 Å². The highest BCUT2D eigenvalue weighted by Gasteiger charge is 2.22. The van der Waals surface area contributed by atoms with Gasteiger partial charge in [0.25, 0.3) is 5.91 Å². The average molecular weight is 359 g/mol. The van der Waals surface area contributed by atoms with E-state index in [1.54, 1.807) is 12.1 Å². The number of ether oxygens (including phenoxy) is 1. The number of anilines is 2. The molecule has 8 heteroatoms. The highest BCUT2D eigenvalue weighted by molar-refractivity contribution is 6.04. The summed E-state index contributed by atoms with van der Waals surface area (Å²) in [7, 11) is 0. The number of nitrogens with zero attached hydrogens (tertiary/aromatic N) is 1. The minimum Gasteiger partial charge on any atom is -0.380 e. The predicted molar refractivity (Wildman–Crippen MR) is 95.8 cm³/mol. The Morgan fingerprint density at radius 1 is 1.42 bits per heavy atom. The van der Waals surface area contributed by atoms with Gasteiger partial charge in [-0.05, 0) is 31.0 Å². The van der Waals surface area contributed by atoms with E-state index in [0.29, 0.717) is 30.2 Å². The fourth-order valence-electron chi connectivity index (χ4n) is 3.37. The number of hydrogen-bond acceptors (Lipinski definition) is 5. The Bertz CT molecular complexity index is 801. The zero-order chi connectivity index (χ0) is 17.9. The number of rotatable bonds is 5. The maximum absolute atomic E-state index is 14.3. The Kier molecular flexibility index (Phi) is 4.85. The average Bonchev–Trinajstić information content (AvgIpc) is 3.30. The monoisotopic (exact) mass is 359 g/mol. The first-order valence-corrected chi connectivity index (χ1v) is 8.94. The fraction of sp³-hybridized carbons (Fsp3) is 0.444. The van der Waals surface area contributed by atoms with E-state index < -0.39 is 5.82 Å². The molecule has 1 aromatic heterocycles. The molecule has 0 spiro atoms. The third-order valence-electron chi connectivity index (χ3n) is 4.79. The zero-order valence-electron chi connectivity index (χ0n) is 14.4. The van der Waals surface area contributed by atoms with Crippen LogP contribution in [0.3, 0.4) is 0 Å². The summed E-state index contributed by atoms with van der Waals surface area (Å²) in [6.45, 7) is 2.82. The lowest BCUT2D eigenvalue weighted by molar-refractivity contribution is 0.102. The van der Waals surface area contributed by atoms with Gasteiger partial charge in [0.15, 0.2) is 5.69 Å². The standard InChI is InChI=1S/C18H22FN5O2/c19-14-8-11(3-4-16(14)21-9-12-2-1-7-26-12)22-18(25)17-13-10-20-6-5-15(13)23-24-17/h3-4,8,12,20-21H,1-2,5-7,9-10H2,(H,22,25)(H,23,24). The molecule has 1 aromatic carbocycles. The largest absolute Gasteiger partial charge is 0.380 e. The molecule has 4 rings (SSSR count). The van der Waals surface area contributed by atoms with Crippen LogP contribution in [-0.2, 0) is 17.7 Å². The summed E-state index contributed by atoms with van der Waals surface area (Å²) < 4.78 is 19.8. The molecule has 1 amide bonds. The topological polar surface area (TPSA) is 91.1 Å². The lowest BCUT2D eigenvalue weighted by Gasteiger charge is -2.14. The number of benzene rings is 1. The summed E-state index contributed by atoms with van der Waals surface area (Å²) >= 11 is 0. The number of nitrogens with one attached hydrogen (secondary N) is 4. The molecule has 7 nitrogen and oxygen atoms in total. The van der Waals surface area contributed by atoms with E-state index in [4.69, 9.17) is 4.74 Å². The number of amides is 1. The van der Waals surface area contributed by atoms with Gasteiger partial charge in [0.2, 0.25) is 0 Å². The molecule has 1 fully saturated rings. The summed E-state index contributed by atoms with van der Waals surface area (Å²) in [5.74, 6) is -0.753. The van der Waals surface area contributed by atoms with Crippen LogP contribution in [0.4, 0.5) is 15.8 Å². The quantitative estimate of drug-likeness (QED) is 0.656. The van der Waals surface area contributed by atoms with Gasteiger partial charge in [-0.15, -0.1) is 0 Å². The molecular formula is C18H22FN5O2. The number of aromatic nitrogens is 2. The van der Waals surface area contributed by atoms with Crippen molar-refractivity contribution in [2.75, 3.05) is 30.3 Å². The van der Waals surface area contributed by atoms with Crippen LogP contribution in [0, 0.1) is 5.82 Å². The fourth-order valence-corrected chi connectivity index (χ4v) is 3.37. The highest BCUT2D eigenvalue weighted by atomic mass is 19.1. The third kappa shape index (κ3) is 3.56. The summed E-state index contributed by atoms with van der Waals surface area (Å²) in [4.78, 5) is 12.5. The van der Waals surface area contributed by atoms with Gasteiger partial charge >= 0.3 is 0 Å². The van der Waals surface area contributed by atoms with Gasteiger partial charge in [-0.2, -0.15) is 5.10 Å². The van der Waals surface area contributed by atoms with Crippen LogP contribution in [0.15, 0.2) is 18.2 Å². The zero-order valence-corrected chi connectivity index (χ0v) is 14.4. The normalized spacial score (nSPS) is 19.2. The van der Waals surface area contributed by atoms with E-state index >= 15 is 0 Å². The van der Waals surface area contributed by atoms with Gasteiger partial charge in [0, 0.05) is 49.6 Å². The van der Waals surface area contributed by atoms with Crippen LogP contribution in [0.5, 0.6) is 0 Å². The maximum Gasteiger partial charge on any atom is 0.276 e. The molecule has 2 aromatic rings. The Morgan fingerprint density at radius 3 is 3.15 bits per heavy atom.